The van der Waals surface area contributed by atoms with Gasteiger partial charge in [-0.25, -0.2) is 4.79 Å². The van der Waals surface area contributed by atoms with Crippen molar-refractivity contribution in [3.63, 3.8) is 0 Å². The van der Waals surface area contributed by atoms with E-state index in [4.69, 9.17) is 28.7 Å². The molecule has 2 heterocycles. The van der Waals surface area contributed by atoms with Gasteiger partial charge in [-0.05, 0) is 172 Å². The number of hydrogen-bond donors (Lipinski definition) is 27. The summed E-state index contributed by atoms with van der Waals surface area (Å²) in [4.78, 5) is 331. The van der Waals surface area contributed by atoms with Crippen molar-refractivity contribution in [2.24, 2.45) is 40.5 Å². The molecule has 147 heavy (non-hydrogen) atoms. The number of amides is 18. The number of carbonyl (C=O) groups excluding carboxylic acids is 18. The number of carbonyl (C=O) groups is 24. The van der Waals surface area contributed by atoms with E-state index in [1.165, 1.54) is 29.2 Å². The largest absolute Gasteiger partial charge is 0.481 e. The molecule has 0 unspecified atom stereocenters. The van der Waals surface area contributed by atoms with Crippen molar-refractivity contribution in [3.8, 4) is 0 Å². The molecule has 2 fully saturated rings. The number of benzene rings is 2. The Bertz CT molecular complexity index is 4870. The van der Waals surface area contributed by atoms with Crippen LogP contribution in [-0.4, -0.2) is 341 Å². The van der Waals surface area contributed by atoms with E-state index in [0.717, 1.165) is 18.7 Å². The van der Waals surface area contributed by atoms with E-state index in [2.05, 4.69) is 79.8 Å². The van der Waals surface area contributed by atoms with Gasteiger partial charge in [0.25, 0.3) is 0 Å². The summed E-state index contributed by atoms with van der Waals surface area (Å²) >= 11 is 0.692. The minimum absolute atomic E-state index is 0.0223. The summed E-state index contributed by atoms with van der Waals surface area (Å²) in [6, 6.07) is -14.0. The molecule has 2 saturated heterocycles. The maximum Gasteiger partial charge on any atom is 0.326 e. The second kappa shape index (κ2) is 64.7. The molecule has 53 nitrogen and oxygen atoms in total. The number of para-hydroxylation sites is 1. The number of hydrogen-bond acceptors (Lipinski definition) is 30. The SMILES string of the molecule is CC(C)C[C@H](NC(=O)[C@@H](NC(=O)[C@H](CC(N)=O)NC(=O)[C@@H]1CCCN1C(=O)[C@H](CC(=O)O)NC(=O)[C@@H]1CCCN1C(=O)[C@H](CCCCN)NC(=O)[C@@H](N)CC(C)C)[C@@H](C)O)C(=O)N[C@@H](CSCC(=O)Nc1ccccc1)C(=O)N[C@@H](CC(=O)O)C(=O)N[C@@H](CCC(=O)O)C(=O)N[C@@H](Cc1ccccc1)C(=O)N[C@@H](CCCCN)C(=O)N[C@@H](C)C(=O)N[C@@H](CC(=O)O)C(=O)N[C@@H](CCC(=O)O)C(=O)N[C@@H](CCCCN)C(=O)O. The molecule has 2 aromatic carbocycles. The highest BCUT2D eigenvalue weighted by Crippen LogP contribution is 2.25. The third kappa shape index (κ3) is 45.6. The highest BCUT2D eigenvalue weighted by Gasteiger charge is 2.46. The van der Waals surface area contributed by atoms with E-state index in [-0.39, 0.29) is 109 Å². The average molecular weight is 2100 g/mol. The number of carboxylic acid groups (broad SMARTS) is 6. The van der Waals surface area contributed by atoms with Gasteiger partial charge in [-0.1, -0.05) is 76.2 Å². The lowest BCUT2D eigenvalue weighted by Gasteiger charge is -2.32. The van der Waals surface area contributed by atoms with Gasteiger partial charge in [0.2, 0.25) is 106 Å². The van der Waals surface area contributed by atoms with Crippen molar-refractivity contribution < 1.29 is 151 Å². The molecular formula is C93H142N22O31S. The van der Waals surface area contributed by atoms with Crippen molar-refractivity contribution in [2.75, 3.05) is 49.5 Å². The number of thioether (sulfide) groups is 1. The molecule has 0 aliphatic carbocycles. The Morgan fingerprint density at radius 3 is 1.20 bits per heavy atom. The van der Waals surface area contributed by atoms with Gasteiger partial charge in [-0.2, -0.15) is 0 Å². The number of nitrogens with zero attached hydrogens (tertiary/aromatic N) is 2. The van der Waals surface area contributed by atoms with Gasteiger partial charge < -0.3 is 154 Å². The first kappa shape index (κ1) is 125. The number of carboxylic acids is 6. The number of primary amides is 1. The van der Waals surface area contributed by atoms with Crippen LogP contribution in [0.4, 0.5) is 5.69 Å². The fourth-order valence-corrected chi connectivity index (χ4v) is 16.6. The zero-order chi connectivity index (χ0) is 110. The quantitative estimate of drug-likeness (QED) is 0.0274. The lowest BCUT2D eigenvalue weighted by atomic mass is 10.0. The van der Waals surface area contributed by atoms with Crippen LogP contribution in [0.5, 0.6) is 0 Å². The number of aliphatic hydroxyl groups is 1. The van der Waals surface area contributed by atoms with Gasteiger partial charge >= 0.3 is 35.8 Å². The Kier molecular flexibility index (Phi) is 55.1. The summed E-state index contributed by atoms with van der Waals surface area (Å²) in [6.07, 6.45) is -8.41. The number of likely N-dealkylation sites (tertiary alicyclic amines) is 2. The molecular weight excluding hydrogens is 1950 g/mol. The summed E-state index contributed by atoms with van der Waals surface area (Å²) < 4.78 is 0. The molecule has 2 aliphatic rings. The molecule has 4 rings (SSSR count). The van der Waals surface area contributed by atoms with Crippen molar-refractivity contribution >= 4 is 160 Å². The molecule has 816 valence electrons. The van der Waals surface area contributed by atoms with Crippen LogP contribution in [0.3, 0.4) is 0 Å². The summed E-state index contributed by atoms with van der Waals surface area (Å²) in [7, 11) is 0. The Morgan fingerprint density at radius 2 is 0.741 bits per heavy atom. The number of nitrogens with two attached hydrogens (primary N) is 5. The molecule has 54 heteroatoms. The zero-order valence-corrected chi connectivity index (χ0v) is 83.7. The van der Waals surface area contributed by atoms with Crippen LogP contribution < -0.4 is 108 Å². The standard InChI is InChI=1S/C93H142N22O31S/c1-48(2)39-54(97)78(130)104-58(26-14-17-35-95)91(143)114-37-19-29-68(114)89(141)111-65(45-75(127)128)92(144)115-38-20-28-67(115)88(140)109-62(42-69(98)117)86(138)113-76(51(6)116)90(142)110-60(40-49(3)4)82(134)112-66(46-147-47-70(118)100-53-23-11-8-12-24-53)87(139)108-64(44-74(125)126)85(137)103-57(31-33-72(121)122)81(133)107-61(41-52-21-9-7-10-22-52)83(135)101-55(25-13-16-34-94)79(131)99-50(5)77(129)106-63(43-73(123)124)84(136)102-56(30-32-71(119)120)80(132)105-59(93(145)146)27-15-18-36-96/h7-12,21-24,48-51,54-68,76,116H,13-20,25-47,94-97H2,1-6H3,(H2,98,117)(H,99,131)(H,100,118)(H,101,135)(H,102,136)(H,103,137)(H,104,130)(H,105,132)(H,106,129)(H,107,133)(H,108,139)(H,109,140)(H,110,142)(H,111,141)(H,112,134)(H,113,138)(H,119,120)(H,121,122)(H,123,124)(H,125,126)(H,127,128)(H,145,146)/t50-,51+,54-,55-,56-,57-,58-,59-,60-,61-,62-,63-,64-,65-,66-,67-,68-,76-/m0/s1. The third-order valence-corrected chi connectivity index (χ3v) is 24.4. The van der Waals surface area contributed by atoms with Crippen LogP contribution in [-0.2, 0) is 121 Å². The first-order chi connectivity index (χ1) is 69.4. The number of nitrogens with one attached hydrogen (secondary N) is 15. The molecule has 0 aromatic heterocycles. The number of anilines is 1. The minimum atomic E-state index is -2.28. The predicted molar refractivity (Wildman–Crippen MR) is 524 cm³/mol. The number of rotatable bonds is 69. The molecule has 0 spiro atoms. The number of aliphatic carboxylic acids is 6. The molecule has 18 atom stereocenters. The van der Waals surface area contributed by atoms with E-state index in [1.807, 2.05) is 13.8 Å². The van der Waals surface area contributed by atoms with E-state index in [9.17, 15) is 151 Å². The summed E-state index contributed by atoms with van der Waals surface area (Å²) in [5, 5.41) is 106. The van der Waals surface area contributed by atoms with Gasteiger partial charge in [0.05, 0.1) is 43.6 Å². The molecule has 0 saturated carbocycles. The summed E-state index contributed by atoms with van der Waals surface area (Å²) in [6.45, 7) is 9.22. The van der Waals surface area contributed by atoms with E-state index < -0.39 is 326 Å². The highest BCUT2D eigenvalue weighted by atomic mass is 32.2. The summed E-state index contributed by atoms with van der Waals surface area (Å²) in [5.41, 5.74) is 29.4. The Morgan fingerprint density at radius 1 is 0.374 bits per heavy atom. The minimum Gasteiger partial charge on any atom is -0.481 e. The maximum atomic E-state index is 14.9. The van der Waals surface area contributed by atoms with Gasteiger partial charge in [0.15, 0.2) is 0 Å². The van der Waals surface area contributed by atoms with Crippen LogP contribution in [0, 0.1) is 11.8 Å². The number of aliphatic hydroxyl groups excluding tert-OH is 1. The van der Waals surface area contributed by atoms with Gasteiger partial charge in [0, 0.05) is 43.8 Å². The van der Waals surface area contributed by atoms with E-state index >= 15 is 0 Å². The van der Waals surface area contributed by atoms with Crippen molar-refractivity contribution in [2.45, 2.75) is 304 Å². The second-order valence-electron chi connectivity index (χ2n) is 36.6. The van der Waals surface area contributed by atoms with E-state index in [0.29, 0.717) is 48.7 Å². The van der Waals surface area contributed by atoms with Crippen LogP contribution in [0.1, 0.15) is 195 Å². The smallest absolute Gasteiger partial charge is 0.326 e. The zero-order valence-electron chi connectivity index (χ0n) is 82.9. The van der Waals surface area contributed by atoms with Crippen molar-refractivity contribution in [3.05, 3.63) is 66.2 Å². The summed E-state index contributed by atoms with van der Waals surface area (Å²) in [5.74, 6) is -31.8. The maximum absolute atomic E-state index is 14.9. The Hall–Kier alpha value is -14.1. The van der Waals surface area contributed by atoms with Gasteiger partial charge in [-0.15, -0.1) is 11.8 Å². The van der Waals surface area contributed by atoms with E-state index in [1.54, 1.807) is 50.2 Å². The molecule has 0 bridgehead atoms. The molecule has 32 N–H and O–H groups in total. The highest BCUT2D eigenvalue weighted by molar-refractivity contribution is 8.00. The first-order valence-corrected chi connectivity index (χ1v) is 49.5. The Balaban J connectivity index is 1.65. The second-order valence-corrected chi connectivity index (χ2v) is 37.6. The average Bonchev–Trinajstić information content (AvgIpc) is 1.69. The fourth-order valence-electron chi connectivity index (χ4n) is 15.8. The Labute approximate surface area is 851 Å². The van der Waals surface area contributed by atoms with Gasteiger partial charge in [0.1, 0.15) is 96.7 Å². The monoisotopic (exact) mass is 2090 g/mol. The number of unbranched alkanes of at least 4 members (excludes halogenated alkanes) is 3. The third-order valence-electron chi connectivity index (χ3n) is 23.3. The fraction of sp³-hybridized carbons (Fsp3) is 0.613. The first-order valence-electron chi connectivity index (χ1n) is 48.4. The predicted octanol–water partition coefficient (Wildman–Crippen LogP) is -6.31. The molecule has 2 aliphatic heterocycles. The van der Waals surface area contributed by atoms with Crippen LogP contribution in [0.2, 0.25) is 0 Å². The lowest BCUT2D eigenvalue weighted by molar-refractivity contribution is -0.147. The van der Waals surface area contributed by atoms with Crippen LogP contribution in [0.15, 0.2) is 60.7 Å². The van der Waals surface area contributed by atoms with Crippen molar-refractivity contribution in [1.82, 2.24) is 84.2 Å². The molecule has 0 radical (unpaired) electrons. The molecule has 2 aromatic rings. The van der Waals surface area contributed by atoms with Crippen molar-refractivity contribution in [1.29, 1.82) is 0 Å². The molecule has 18 amide bonds. The normalized spacial score (nSPS) is 16.5. The van der Waals surface area contributed by atoms with Gasteiger partial charge in [-0.3, -0.25) is 110 Å². The van der Waals surface area contributed by atoms with Crippen LogP contribution >= 0.6 is 11.8 Å². The topological polar surface area (TPSA) is 868 Å². The lowest BCUT2D eigenvalue weighted by Crippen LogP contribution is -2.62. The van der Waals surface area contributed by atoms with Crippen LogP contribution in [0.25, 0.3) is 0 Å².